The lowest BCUT2D eigenvalue weighted by Crippen LogP contribution is -2.28. The maximum atomic E-state index is 13.3. The number of unbranched alkanes of at least 4 members (excludes halogenated alkanes) is 2. The van der Waals surface area contributed by atoms with Gasteiger partial charge in [0, 0.05) is 53.3 Å². The Balaban J connectivity index is 0.00000118. The van der Waals surface area contributed by atoms with Crippen molar-refractivity contribution in [3.05, 3.63) is 65.2 Å². The van der Waals surface area contributed by atoms with E-state index in [9.17, 15) is 9.59 Å². The number of carbonyl (C=O) groups excluding carboxylic acids is 2. The topological polar surface area (TPSA) is 149 Å². The van der Waals surface area contributed by atoms with Crippen molar-refractivity contribution in [1.29, 1.82) is 10.8 Å². The molecule has 8 nitrogen and oxygen atoms in total. The first-order valence-electron chi connectivity index (χ1n) is 12.9. The number of hydrogen-bond donors (Lipinski definition) is 5. The summed E-state index contributed by atoms with van der Waals surface area (Å²) in [6.07, 6.45) is 4.82. The van der Waals surface area contributed by atoms with Gasteiger partial charge in [0.15, 0.2) is 6.29 Å². The average Bonchev–Trinajstić information content (AvgIpc) is 2.90. The van der Waals surface area contributed by atoms with Crippen LogP contribution in [0.3, 0.4) is 0 Å². The number of rotatable bonds is 11. The van der Waals surface area contributed by atoms with Crippen molar-refractivity contribution >= 4 is 40.3 Å². The third-order valence-corrected chi connectivity index (χ3v) is 6.05. The first-order valence-corrected chi connectivity index (χ1v) is 12.9. The molecule has 0 aromatic heterocycles. The van der Waals surface area contributed by atoms with E-state index in [4.69, 9.17) is 22.3 Å². The summed E-state index contributed by atoms with van der Waals surface area (Å²) in [7, 11) is 1.81. The molecule has 202 valence electrons. The monoisotopic (exact) mass is 516 g/mol. The fourth-order valence-corrected chi connectivity index (χ4v) is 4.08. The fourth-order valence-electron chi connectivity index (χ4n) is 4.08. The molecule has 8 heteroatoms. The summed E-state index contributed by atoms with van der Waals surface area (Å²) < 4.78 is 0. The van der Waals surface area contributed by atoms with Gasteiger partial charge in [-0.1, -0.05) is 44.9 Å². The average molecular weight is 517 g/mol. The number of hydrogen-bond acceptors (Lipinski definition) is 5. The summed E-state index contributed by atoms with van der Waals surface area (Å²) in [6.45, 7) is 7.23. The number of nitrogens with two attached hydrogens (primary N) is 2. The largest absolute Gasteiger partial charge is 0.388 e. The van der Waals surface area contributed by atoms with E-state index in [0.29, 0.717) is 28.6 Å². The summed E-state index contributed by atoms with van der Waals surface area (Å²) >= 11 is 0. The molecular weight excluding hydrogens is 476 g/mol. The van der Waals surface area contributed by atoms with Crippen LogP contribution in [0.5, 0.6) is 0 Å². The number of nitrogen functional groups attached to an aromatic ring is 1. The Kier molecular flexibility index (Phi) is 11.5. The van der Waals surface area contributed by atoms with Gasteiger partial charge in [0.2, 0.25) is 0 Å². The third-order valence-electron chi connectivity index (χ3n) is 6.05. The van der Waals surface area contributed by atoms with E-state index < -0.39 is 0 Å². The Hall–Kier alpha value is -4.20. The molecule has 3 aromatic carbocycles. The lowest BCUT2D eigenvalue weighted by molar-refractivity contribution is 0.0795. The molecule has 0 unspecified atom stereocenters. The van der Waals surface area contributed by atoms with Crippen LogP contribution in [0.25, 0.3) is 21.9 Å². The van der Waals surface area contributed by atoms with Crippen LogP contribution in [-0.2, 0) is 0 Å². The van der Waals surface area contributed by atoms with Crippen molar-refractivity contribution in [2.24, 2.45) is 11.5 Å². The summed E-state index contributed by atoms with van der Waals surface area (Å²) in [5.74, 6) is 0.0659. The maximum Gasteiger partial charge on any atom is 0.254 e. The van der Waals surface area contributed by atoms with Gasteiger partial charge in [-0.2, -0.15) is 0 Å². The van der Waals surface area contributed by atoms with E-state index in [1.165, 1.54) is 6.92 Å². The molecule has 0 atom stereocenters. The van der Waals surface area contributed by atoms with E-state index >= 15 is 0 Å². The second-order valence-electron chi connectivity index (χ2n) is 9.30. The van der Waals surface area contributed by atoms with E-state index in [1.54, 1.807) is 18.0 Å². The number of nitrogens with one attached hydrogen (secondary N) is 3. The molecule has 3 rings (SSSR count). The molecular formula is C30H40N6O2. The molecule has 0 radical (unpaired) electrons. The Bertz CT molecular complexity index is 1300. The highest BCUT2D eigenvalue weighted by molar-refractivity contribution is 6.16. The molecule has 7 N–H and O–H groups in total. The Labute approximate surface area is 225 Å². The molecule has 0 heterocycles. The summed E-state index contributed by atoms with van der Waals surface area (Å²) in [6, 6.07) is 15.0. The number of fused-ring (bicyclic) bond motifs is 1. The number of amidine groups is 2. The number of anilines is 1. The standard InChI is InChI=1S/C28H34N4O2.C2H6N2/c1-4-6-13-31-25-12-11-23(28(34)32(3)14-7-5-2)26-22(18-33)16-21(17-24(25)26)19-9-8-10-20(15-19)27(29)30;1-2(3)4/h8-12,15-18,31H,4-7,13-14H2,1-3H3,(H3,29,30);1H3,(H3,3,4). The van der Waals surface area contributed by atoms with Crippen molar-refractivity contribution in [3.8, 4) is 11.1 Å². The fraction of sp³-hybridized carbons (Fsp3) is 0.333. The zero-order valence-electron chi connectivity index (χ0n) is 22.9. The molecule has 3 aromatic rings. The van der Waals surface area contributed by atoms with Crippen LogP contribution in [0.1, 0.15) is 72.7 Å². The van der Waals surface area contributed by atoms with Crippen LogP contribution in [0.15, 0.2) is 48.5 Å². The van der Waals surface area contributed by atoms with E-state index in [-0.39, 0.29) is 17.6 Å². The Morgan fingerprint density at radius 3 is 2.29 bits per heavy atom. The second kappa shape index (κ2) is 14.5. The third kappa shape index (κ3) is 7.90. The minimum Gasteiger partial charge on any atom is -0.388 e. The first-order chi connectivity index (χ1) is 18.1. The van der Waals surface area contributed by atoms with Crippen molar-refractivity contribution in [2.45, 2.75) is 46.5 Å². The van der Waals surface area contributed by atoms with Gasteiger partial charge >= 0.3 is 0 Å². The van der Waals surface area contributed by atoms with Gasteiger partial charge in [-0.25, -0.2) is 0 Å². The molecule has 0 spiro atoms. The van der Waals surface area contributed by atoms with E-state index in [2.05, 4.69) is 19.2 Å². The summed E-state index contributed by atoms with van der Waals surface area (Å²) in [5.41, 5.74) is 14.6. The van der Waals surface area contributed by atoms with Crippen molar-refractivity contribution < 1.29 is 9.59 Å². The van der Waals surface area contributed by atoms with Crippen LogP contribution >= 0.6 is 0 Å². The number of nitrogens with zero attached hydrogens (tertiary/aromatic N) is 1. The van der Waals surface area contributed by atoms with Crippen LogP contribution in [0, 0.1) is 10.8 Å². The molecule has 0 aliphatic rings. The molecule has 0 fully saturated rings. The van der Waals surface area contributed by atoms with Gasteiger partial charge in [0.1, 0.15) is 5.84 Å². The molecule has 0 aliphatic carbocycles. The lowest BCUT2D eigenvalue weighted by Gasteiger charge is -2.20. The minimum absolute atomic E-state index is 0.0110. The van der Waals surface area contributed by atoms with Gasteiger partial charge in [-0.3, -0.25) is 20.4 Å². The highest BCUT2D eigenvalue weighted by Gasteiger charge is 2.20. The van der Waals surface area contributed by atoms with E-state index in [0.717, 1.165) is 60.7 Å². The minimum atomic E-state index is -0.0898. The molecule has 38 heavy (non-hydrogen) atoms. The lowest BCUT2D eigenvalue weighted by atomic mass is 9.92. The van der Waals surface area contributed by atoms with Crippen LogP contribution in [0.4, 0.5) is 5.69 Å². The zero-order chi connectivity index (χ0) is 28.2. The van der Waals surface area contributed by atoms with Gasteiger partial charge in [0.25, 0.3) is 5.91 Å². The Morgan fingerprint density at radius 2 is 1.68 bits per heavy atom. The van der Waals surface area contributed by atoms with Crippen LogP contribution in [-0.4, -0.2) is 48.9 Å². The quantitative estimate of drug-likeness (QED) is 0.0969. The second-order valence-corrected chi connectivity index (χ2v) is 9.30. The summed E-state index contributed by atoms with van der Waals surface area (Å²) in [5, 5.41) is 19.0. The normalized spacial score (nSPS) is 10.3. The van der Waals surface area contributed by atoms with Gasteiger partial charge in [-0.15, -0.1) is 0 Å². The predicted molar refractivity (Wildman–Crippen MR) is 159 cm³/mol. The van der Waals surface area contributed by atoms with E-state index in [1.807, 2.05) is 42.5 Å². The maximum absolute atomic E-state index is 13.3. The summed E-state index contributed by atoms with van der Waals surface area (Å²) in [4.78, 5) is 27.3. The highest BCUT2D eigenvalue weighted by Crippen LogP contribution is 2.35. The number of benzene rings is 3. The number of carbonyl (C=O) groups is 2. The number of amides is 1. The molecule has 0 aliphatic heterocycles. The van der Waals surface area contributed by atoms with Gasteiger partial charge < -0.3 is 21.7 Å². The van der Waals surface area contributed by atoms with Crippen molar-refractivity contribution in [2.75, 3.05) is 25.5 Å². The van der Waals surface area contributed by atoms with Crippen molar-refractivity contribution in [1.82, 2.24) is 4.90 Å². The van der Waals surface area contributed by atoms with Crippen LogP contribution in [0.2, 0.25) is 0 Å². The molecule has 0 saturated heterocycles. The smallest absolute Gasteiger partial charge is 0.254 e. The van der Waals surface area contributed by atoms with Crippen LogP contribution < -0.4 is 16.8 Å². The van der Waals surface area contributed by atoms with Gasteiger partial charge in [0.05, 0.1) is 5.84 Å². The zero-order valence-corrected chi connectivity index (χ0v) is 22.9. The predicted octanol–water partition coefficient (Wildman–Crippen LogP) is 5.63. The van der Waals surface area contributed by atoms with Gasteiger partial charge in [-0.05, 0) is 61.2 Å². The molecule has 1 amide bonds. The highest BCUT2D eigenvalue weighted by atomic mass is 16.2. The molecule has 0 saturated carbocycles. The number of aldehydes is 1. The SMILES string of the molecule is CC(=N)N.CCCCNc1ccc(C(=O)N(C)CCCC)c2c(C=O)cc(-c3cccc(C(=N)N)c3)cc12. The van der Waals surface area contributed by atoms with Crippen molar-refractivity contribution in [3.63, 3.8) is 0 Å². The first kappa shape index (κ1) is 30.0. The molecule has 0 bridgehead atoms. The Morgan fingerprint density at radius 1 is 1.00 bits per heavy atom.